The Bertz CT molecular complexity index is 618. The summed E-state index contributed by atoms with van der Waals surface area (Å²) in [4.78, 5) is 4.07. The molecule has 0 amide bonds. The topological polar surface area (TPSA) is 64.9 Å². The van der Waals surface area contributed by atoms with E-state index in [2.05, 4.69) is 10.1 Å². The van der Waals surface area contributed by atoms with Crippen molar-refractivity contribution in [3.05, 3.63) is 35.7 Å². The average Bonchev–Trinajstić information content (AvgIpc) is 2.96. The normalized spacial score (nSPS) is 12.7. The molecule has 0 spiro atoms. The lowest BCUT2D eigenvalue weighted by molar-refractivity contribution is -0.137. The van der Waals surface area contributed by atoms with Gasteiger partial charge in [0.2, 0.25) is 0 Å². The van der Waals surface area contributed by atoms with Crippen LogP contribution in [0.3, 0.4) is 0 Å². The predicted molar refractivity (Wildman–Crippen MR) is 71.2 cm³/mol. The zero-order valence-electron chi connectivity index (χ0n) is 11.7. The van der Waals surface area contributed by atoms with Crippen molar-refractivity contribution in [2.75, 3.05) is 0 Å². The third-order valence-electron chi connectivity index (χ3n) is 3.60. The third-order valence-corrected chi connectivity index (χ3v) is 3.60. The van der Waals surface area contributed by atoms with E-state index in [0.29, 0.717) is 12.8 Å². The smallest absolute Gasteiger partial charge is 0.334 e. The Balaban J connectivity index is 2.49. The van der Waals surface area contributed by atoms with Crippen LogP contribution in [0.1, 0.15) is 38.1 Å². The van der Waals surface area contributed by atoms with Crippen molar-refractivity contribution in [2.45, 2.75) is 38.4 Å². The SMILES string of the molecule is CCC(N)(CC)c1noc(-c2ccccc2C(F)(F)F)n1. The molecule has 0 saturated heterocycles. The first kappa shape index (κ1) is 15.5. The summed E-state index contributed by atoms with van der Waals surface area (Å²) in [6.45, 7) is 3.73. The molecule has 0 bridgehead atoms. The van der Waals surface area contributed by atoms with Gasteiger partial charge in [-0.25, -0.2) is 0 Å². The second-order valence-electron chi connectivity index (χ2n) is 4.83. The minimum absolute atomic E-state index is 0.140. The lowest BCUT2D eigenvalue weighted by atomic mass is 9.93. The van der Waals surface area contributed by atoms with Gasteiger partial charge in [0.25, 0.3) is 5.89 Å². The molecule has 4 nitrogen and oxygen atoms in total. The van der Waals surface area contributed by atoms with Gasteiger partial charge in [0.05, 0.1) is 16.7 Å². The number of rotatable bonds is 4. The van der Waals surface area contributed by atoms with Crippen LogP contribution in [-0.4, -0.2) is 10.1 Å². The molecule has 0 fully saturated rings. The fourth-order valence-electron chi connectivity index (χ4n) is 2.02. The predicted octanol–water partition coefficient (Wildman–Crippen LogP) is 3.73. The fourth-order valence-corrected chi connectivity index (χ4v) is 2.02. The van der Waals surface area contributed by atoms with Gasteiger partial charge in [-0.15, -0.1) is 0 Å². The molecule has 1 aromatic carbocycles. The summed E-state index contributed by atoms with van der Waals surface area (Å²) < 4.78 is 44.0. The van der Waals surface area contributed by atoms with E-state index < -0.39 is 17.3 Å². The van der Waals surface area contributed by atoms with E-state index in [9.17, 15) is 13.2 Å². The zero-order chi connectivity index (χ0) is 15.7. The average molecular weight is 299 g/mol. The fraction of sp³-hybridized carbons (Fsp3) is 0.429. The van der Waals surface area contributed by atoms with Gasteiger partial charge in [-0.05, 0) is 25.0 Å². The highest BCUT2D eigenvalue weighted by atomic mass is 19.4. The maximum absolute atomic E-state index is 13.0. The Morgan fingerprint density at radius 3 is 2.33 bits per heavy atom. The molecule has 114 valence electrons. The number of aromatic nitrogens is 2. The van der Waals surface area contributed by atoms with Crippen LogP contribution in [0, 0.1) is 0 Å². The molecule has 0 saturated carbocycles. The summed E-state index contributed by atoms with van der Waals surface area (Å²) in [6.07, 6.45) is -3.37. The number of nitrogens with two attached hydrogens (primary N) is 1. The van der Waals surface area contributed by atoms with Crippen LogP contribution in [-0.2, 0) is 11.7 Å². The van der Waals surface area contributed by atoms with Crippen LogP contribution in [0.15, 0.2) is 28.8 Å². The second kappa shape index (κ2) is 5.48. The van der Waals surface area contributed by atoms with Crippen LogP contribution in [0.25, 0.3) is 11.5 Å². The first-order valence-corrected chi connectivity index (χ1v) is 6.61. The molecule has 2 rings (SSSR count). The van der Waals surface area contributed by atoms with Gasteiger partial charge in [-0.3, -0.25) is 0 Å². The number of hydrogen-bond donors (Lipinski definition) is 1. The molecule has 0 aliphatic rings. The Morgan fingerprint density at radius 2 is 1.76 bits per heavy atom. The standard InChI is InChI=1S/C14H16F3N3O/c1-3-13(18,4-2)12-19-11(21-20-12)9-7-5-6-8-10(9)14(15,16)17/h5-8H,3-4,18H2,1-2H3. The number of benzene rings is 1. The van der Waals surface area contributed by atoms with Crippen molar-refractivity contribution in [3.63, 3.8) is 0 Å². The molecule has 1 aromatic heterocycles. The minimum atomic E-state index is -4.49. The van der Waals surface area contributed by atoms with Gasteiger partial charge in [-0.1, -0.05) is 31.1 Å². The van der Waals surface area contributed by atoms with E-state index in [-0.39, 0.29) is 17.3 Å². The summed E-state index contributed by atoms with van der Waals surface area (Å²) in [5.41, 5.74) is 4.38. The first-order valence-electron chi connectivity index (χ1n) is 6.61. The van der Waals surface area contributed by atoms with Crippen molar-refractivity contribution in [2.24, 2.45) is 5.73 Å². The molecular weight excluding hydrogens is 283 g/mol. The van der Waals surface area contributed by atoms with Crippen molar-refractivity contribution < 1.29 is 17.7 Å². The highest BCUT2D eigenvalue weighted by molar-refractivity contribution is 5.59. The molecule has 0 aliphatic heterocycles. The van der Waals surface area contributed by atoms with Crippen molar-refractivity contribution in [1.29, 1.82) is 0 Å². The number of hydrogen-bond acceptors (Lipinski definition) is 4. The molecular formula is C14H16F3N3O. The third kappa shape index (κ3) is 2.92. The Labute approximate surface area is 120 Å². The molecule has 2 N–H and O–H groups in total. The molecule has 21 heavy (non-hydrogen) atoms. The number of nitrogens with zero attached hydrogens (tertiary/aromatic N) is 2. The van der Waals surface area contributed by atoms with Gasteiger partial charge < -0.3 is 10.3 Å². The molecule has 2 aromatic rings. The maximum Gasteiger partial charge on any atom is 0.417 e. The summed E-state index contributed by atoms with van der Waals surface area (Å²) in [7, 11) is 0. The largest absolute Gasteiger partial charge is 0.417 e. The first-order chi connectivity index (χ1) is 9.81. The van der Waals surface area contributed by atoms with Gasteiger partial charge in [-0.2, -0.15) is 18.2 Å². The summed E-state index contributed by atoms with van der Waals surface area (Å²) in [5, 5.41) is 3.75. The molecule has 0 radical (unpaired) electrons. The van der Waals surface area contributed by atoms with E-state index in [1.807, 2.05) is 13.8 Å². The zero-order valence-corrected chi connectivity index (χ0v) is 11.7. The maximum atomic E-state index is 13.0. The van der Waals surface area contributed by atoms with Crippen molar-refractivity contribution in [3.8, 4) is 11.5 Å². The van der Waals surface area contributed by atoms with E-state index in [4.69, 9.17) is 10.3 Å². The van der Waals surface area contributed by atoms with Crippen LogP contribution >= 0.6 is 0 Å². The lowest BCUT2D eigenvalue weighted by Crippen LogP contribution is -2.36. The lowest BCUT2D eigenvalue weighted by Gasteiger charge is -2.21. The van der Waals surface area contributed by atoms with Crippen LogP contribution in [0.2, 0.25) is 0 Å². The Kier molecular flexibility index (Phi) is 4.04. The second-order valence-corrected chi connectivity index (χ2v) is 4.83. The molecule has 0 atom stereocenters. The van der Waals surface area contributed by atoms with Crippen LogP contribution < -0.4 is 5.73 Å². The minimum Gasteiger partial charge on any atom is -0.334 e. The van der Waals surface area contributed by atoms with Crippen molar-refractivity contribution in [1.82, 2.24) is 10.1 Å². The van der Waals surface area contributed by atoms with Gasteiger partial charge in [0.1, 0.15) is 0 Å². The number of alkyl halides is 3. The highest BCUT2D eigenvalue weighted by Gasteiger charge is 2.36. The molecule has 0 unspecified atom stereocenters. The Hall–Kier alpha value is -1.89. The van der Waals surface area contributed by atoms with E-state index in [1.165, 1.54) is 18.2 Å². The monoisotopic (exact) mass is 299 g/mol. The van der Waals surface area contributed by atoms with Gasteiger partial charge in [0.15, 0.2) is 5.82 Å². The molecule has 1 heterocycles. The Morgan fingerprint density at radius 1 is 1.14 bits per heavy atom. The van der Waals surface area contributed by atoms with Gasteiger partial charge in [0, 0.05) is 0 Å². The molecule has 0 aliphatic carbocycles. The number of halogens is 3. The highest BCUT2D eigenvalue weighted by Crippen LogP contribution is 2.36. The summed E-state index contributed by atoms with van der Waals surface area (Å²) in [5.74, 6) is 0.0501. The quantitative estimate of drug-likeness (QED) is 0.934. The van der Waals surface area contributed by atoms with E-state index in [0.717, 1.165) is 6.07 Å². The van der Waals surface area contributed by atoms with E-state index >= 15 is 0 Å². The van der Waals surface area contributed by atoms with Crippen LogP contribution in [0.4, 0.5) is 13.2 Å². The van der Waals surface area contributed by atoms with E-state index in [1.54, 1.807) is 0 Å². The van der Waals surface area contributed by atoms with Crippen molar-refractivity contribution >= 4 is 0 Å². The summed E-state index contributed by atoms with van der Waals surface area (Å²) in [6, 6.07) is 5.09. The summed E-state index contributed by atoms with van der Waals surface area (Å²) >= 11 is 0. The van der Waals surface area contributed by atoms with Gasteiger partial charge >= 0.3 is 6.18 Å². The van der Waals surface area contributed by atoms with Crippen LogP contribution in [0.5, 0.6) is 0 Å². The molecule has 7 heteroatoms.